The van der Waals surface area contributed by atoms with Gasteiger partial charge in [-0.15, -0.1) is 0 Å². The van der Waals surface area contributed by atoms with Gasteiger partial charge in [0.1, 0.15) is 0 Å². The zero-order valence-electron chi connectivity index (χ0n) is 12.1. The summed E-state index contributed by atoms with van der Waals surface area (Å²) in [5, 5.41) is 0. The fraction of sp³-hybridized carbons (Fsp3) is 0.562. The number of rotatable bonds is 2. The highest BCUT2D eigenvalue weighted by Crippen LogP contribution is 2.36. The lowest BCUT2D eigenvalue weighted by Gasteiger charge is -2.34. The van der Waals surface area contributed by atoms with Crippen molar-refractivity contribution in [1.29, 1.82) is 0 Å². The Labute approximate surface area is 120 Å². The summed E-state index contributed by atoms with van der Waals surface area (Å²) < 4.78 is 0. The first-order valence-corrected chi connectivity index (χ1v) is 7.47. The zero-order chi connectivity index (χ0) is 14.2. The Balaban J connectivity index is 1.75. The number of nitrogens with two attached hydrogens (primary N) is 1. The van der Waals surface area contributed by atoms with E-state index in [1.165, 1.54) is 18.4 Å². The van der Waals surface area contributed by atoms with Gasteiger partial charge < -0.3 is 15.5 Å². The van der Waals surface area contributed by atoms with Crippen LogP contribution >= 0.6 is 0 Å². The summed E-state index contributed by atoms with van der Waals surface area (Å²) in [4.78, 5) is 15.7. The molecule has 20 heavy (non-hydrogen) atoms. The van der Waals surface area contributed by atoms with Crippen LogP contribution in [0.4, 0.5) is 5.69 Å². The second-order valence-corrected chi connectivity index (χ2v) is 6.15. The molecule has 0 unspecified atom stereocenters. The van der Waals surface area contributed by atoms with Gasteiger partial charge in [-0.3, -0.25) is 4.79 Å². The van der Waals surface area contributed by atoms with Gasteiger partial charge >= 0.3 is 0 Å². The Morgan fingerprint density at radius 1 is 1.10 bits per heavy atom. The molecule has 2 fully saturated rings. The van der Waals surface area contributed by atoms with Crippen molar-refractivity contribution in [1.82, 2.24) is 4.90 Å². The van der Waals surface area contributed by atoms with E-state index in [0.717, 1.165) is 31.6 Å². The SMILES string of the molecule is CN1CCN(c2ccc(C3(N)CCCC3)cc2)CC1=O. The third-order valence-electron chi connectivity index (χ3n) is 4.76. The average Bonchev–Trinajstić information content (AvgIpc) is 2.90. The quantitative estimate of drug-likeness (QED) is 0.892. The standard InChI is InChI=1S/C16H23N3O/c1-18-10-11-19(12-15(18)20)14-6-4-13(5-7-14)16(17)8-2-3-9-16/h4-7H,2-3,8-12,17H2,1H3. The zero-order valence-corrected chi connectivity index (χ0v) is 12.1. The number of piperazine rings is 1. The molecule has 0 spiro atoms. The summed E-state index contributed by atoms with van der Waals surface area (Å²) in [5.41, 5.74) is 8.70. The molecular formula is C16H23N3O. The Morgan fingerprint density at radius 3 is 2.35 bits per heavy atom. The summed E-state index contributed by atoms with van der Waals surface area (Å²) in [6, 6.07) is 8.51. The van der Waals surface area contributed by atoms with Crippen LogP contribution < -0.4 is 10.6 Å². The van der Waals surface area contributed by atoms with Crippen LogP contribution in [0.15, 0.2) is 24.3 Å². The number of hydrogen-bond donors (Lipinski definition) is 1. The molecule has 1 aliphatic carbocycles. The molecule has 4 nitrogen and oxygen atoms in total. The first-order valence-electron chi connectivity index (χ1n) is 7.47. The first kappa shape index (κ1) is 13.4. The summed E-state index contributed by atoms with van der Waals surface area (Å²) >= 11 is 0. The molecule has 0 radical (unpaired) electrons. The van der Waals surface area contributed by atoms with Crippen LogP contribution in [0.1, 0.15) is 31.2 Å². The summed E-state index contributed by atoms with van der Waals surface area (Å²) in [6.45, 7) is 2.17. The molecule has 0 bridgehead atoms. The topological polar surface area (TPSA) is 49.6 Å². The van der Waals surface area contributed by atoms with Crippen LogP contribution in [0.2, 0.25) is 0 Å². The Kier molecular flexibility index (Phi) is 3.42. The molecular weight excluding hydrogens is 250 g/mol. The third kappa shape index (κ3) is 2.40. The number of carbonyl (C=O) groups is 1. The predicted octanol–water partition coefficient (Wildman–Crippen LogP) is 1.69. The molecule has 1 heterocycles. The van der Waals surface area contributed by atoms with Crippen molar-refractivity contribution < 1.29 is 4.79 Å². The van der Waals surface area contributed by atoms with Crippen LogP contribution in [0, 0.1) is 0 Å². The molecule has 2 aliphatic rings. The number of nitrogens with zero attached hydrogens (tertiary/aromatic N) is 2. The van der Waals surface area contributed by atoms with E-state index < -0.39 is 0 Å². The van der Waals surface area contributed by atoms with Crippen LogP contribution in [-0.2, 0) is 10.3 Å². The van der Waals surface area contributed by atoms with Gasteiger partial charge in [-0.2, -0.15) is 0 Å². The van der Waals surface area contributed by atoms with E-state index in [9.17, 15) is 4.79 Å². The normalized spacial score (nSPS) is 22.4. The van der Waals surface area contributed by atoms with E-state index in [-0.39, 0.29) is 11.4 Å². The number of benzene rings is 1. The third-order valence-corrected chi connectivity index (χ3v) is 4.76. The molecule has 0 aromatic heterocycles. The molecule has 1 aromatic carbocycles. The van der Waals surface area contributed by atoms with Gasteiger partial charge in [-0.05, 0) is 30.5 Å². The van der Waals surface area contributed by atoms with Crippen molar-refractivity contribution in [3.63, 3.8) is 0 Å². The van der Waals surface area contributed by atoms with Crippen LogP contribution in [-0.4, -0.2) is 37.5 Å². The van der Waals surface area contributed by atoms with Crippen LogP contribution in [0.5, 0.6) is 0 Å². The molecule has 1 saturated carbocycles. The lowest BCUT2D eigenvalue weighted by Crippen LogP contribution is -2.48. The van der Waals surface area contributed by atoms with E-state index in [1.54, 1.807) is 4.90 Å². The first-order chi connectivity index (χ1) is 9.58. The van der Waals surface area contributed by atoms with Crippen molar-refractivity contribution in [2.75, 3.05) is 31.6 Å². The Hall–Kier alpha value is -1.55. The van der Waals surface area contributed by atoms with Gasteiger partial charge in [0.05, 0.1) is 6.54 Å². The average molecular weight is 273 g/mol. The highest BCUT2D eigenvalue weighted by atomic mass is 16.2. The number of carbonyl (C=O) groups excluding carboxylic acids is 1. The van der Waals surface area contributed by atoms with Gasteiger partial charge in [0.25, 0.3) is 0 Å². The number of hydrogen-bond acceptors (Lipinski definition) is 3. The molecule has 1 saturated heterocycles. The fourth-order valence-corrected chi connectivity index (χ4v) is 3.28. The van der Waals surface area contributed by atoms with Gasteiger partial charge in [0.15, 0.2) is 0 Å². The lowest BCUT2D eigenvalue weighted by atomic mass is 9.89. The van der Waals surface area contributed by atoms with Crippen molar-refractivity contribution >= 4 is 11.6 Å². The van der Waals surface area contributed by atoms with Gasteiger partial charge in [-0.1, -0.05) is 25.0 Å². The summed E-state index contributed by atoms with van der Waals surface area (Å²) in [6.07, 6.45) is 4.62. The molecule has 3 rings (SSSR count). The highest BCUT2D eigenvalue weighted by molar-refractivity contribution is 5.82. The largest absolute Gasteiger partial charge is 0.360 e. The number of anilines is 1. The second kappa shape index (κ2) is 5.09. The number of amides is 1. The molecule has 108 valence electrons. The molecule has 4 heteroatoms. The van der Waals surface area contributed by atoms with Crippen molar-refractivity contribution in [3.8, 4) is 0 Å². The smallest absolute Gasteiger partial charge is 0.241 e. The highest BCUT2D eigenvalue weighted by Gasteiger charge is 2.31. The van der Waals surface area contributed by atoms with Gasteiger partial charge in [0.2, 0.25) is 5.91 Å². The van der Waals surface area contributed by atoms with E-state index >= 15 is 0 Å². The molecule has 1 aliphatic heterocycles. The number of likely N-dealkylation sites (N-methyl/N-ethyl adjacent to an activating group) is 1. The van der Waals surface area contributed by atoms with Gasteiger partial charge in [0, 0.05) is 31.4 Å². The molecule has 1 aromatic rings. The van der Waals surface area contributed by atoms with E-state index in [1.807, 2.05) is 7.05 Å². The van der Waals surface area contributed by atoms with E-state index in [4.69, 9.17) is 5.73 Å². The van der Waals surface area contributed by atoms with Crippen LogP contribution in [0.25, 0.3) is 0 Å². The molecule has 2 N–H and O–H groups in total. The lowest BCUT2D eigenvalue weighted by molar-refractivity contribution is -0.129. The molecule has 1 amide bonds. The Morgan fingerprint density at radius 2 is 1.75 bits per heavy atom. The van der Waals surface area contributed by atoms with Gasteiger partial charge in [-0.25, -0.2) is 0 Å². The summed E-state index contributed by atoms with van der Waals surface area (Å²) in [5.74, 6) is 0.186. The van der Waals surface area contributed by atoms with Crippen LogP contribution in [0.3, 0.4) is 0 Å². The van der Waals surface area contributed by atoms with E-state index in [0.29, 0.717) is 6.54 Å². The fourth-order valence-electron chi connectivity index (χ4n) is 3.28. The minimum absolute atomic E-state index is 0.129. The minimum atomic E-state index is -0.129. The maximum Gasteiger partial charge on any atom is 0.241 e. The predicted molar refractivity (Wildman–Crippen MR) is 80.6 cm³/mol. The maximum atomic E-state index is 11.8. The minimum Gasteiger partial charge on any atom is -0.360 e. The monoisotopic (exact) mass is 273 g/mol. The summed E-state index contributed by atoms with van der Waals surface area (Å²) in [7, 11) is 1.86. The van der Waals surface area contributed by atoms with E-state index in [2.05, 4.69) is 29.2 Å². The maximum absolute atomic E-state index is 11.8. The molecule has 0 atom stereocenters. The Bertz CT molecular complexity index is 491. The van der Waals surface area contributed by atoms with Crippen molar-refractivity contribution in [2.24, 2.45) is 5.73 Å². The second-order valence-electron chi connectivity index (χ2n) is 6.15. The van der Waals surface area contributed by atoms with Crippen molar-refractivity contribution in [3.05, 3.63) is 29.8 Å². The van der Waals surface area contributed by atoms with Crippen molar-refractivity contribution in [2.45, 2.75) is 31.2 Å².